The van der Waals surface area contributed by atoms with Crippen molar-refractivity contribution in [3.8, 4) is 17.0 Å². The molecule has 0 aliphatic heterocycles. The Morgan fingerprint density at radius 3 is 2.80 bits per heavy atom. The van der Waals surface area contributed by atoms with Gasteiger partial charge < -0.3 is 5.11 Å². The number of amides is 1. The van der Waals surface area contributed by atoms with Gasteiger partial charge in [0, 0.05) is 11.6 Å². The van der Waals surface area contributed by atoms with Crippen molar-refractivity contribution in [2.75, 3.05) is 0 Å². The van der Waals surface area contributed by atoms with Crippen LogP contribution >= 0.6 is 0 Å². The van der Waals surface area contributed by atoms with E-state index in [0.717, 1.165) is 0 Å². The van der Waals surface area contributed by atoms with Crippen molar-refractivity contribution in [2.24, 2.45) is 0 Å². The van der Waals surface area contributed by atoms with Crippen LogP contribution in [-0.2, 0) is 0 Å². The number of aromatic nitrogens is 3. The SMILES string of the molecule is [NH]C(=O)c1c(O)cc(-c2ccccc2F)n2ncnc12. The van der Waals surface area contributed by atoms with Gasteiger partial charge >= 0.3 is 0 Å². The summed E-state index contributed by atoms with van der Waals surface area (Å²) in [4.78, 5) is 15.1. The van der Waals surface area contributed by atoms with Crippen molar-refractivity contribution in [3.05, 3.63) is 48.0 Å². The monoisotopic (exact) mass is 271 g/mol. The molecular formula is C13H8FN4O2. The molecule has 0 fully saturated rings. The van der Waals surface area contributed by atoms with Gasteiger partial charge in [-0.2, -0.15) is 5.10 Å². The summed E-state index contributed by atoms with van der Waals surface area (Å²) < 4.78 is 15.1. The van der Waals surface area contributed by atoms with Crippen LogP contribution in [0, 0.1) is 5.82 Å². The Morgan fingerprint density at radius 2 is 2.10 bits per heavy atom. The summed E-state index contributed by atoms with van der Waals surface area (Å²) in [7, 11) is 0. The van der Waals surface area contributed by atoms with Crippen LogP contribution in [0.4, 0.5) is 4.39 Å². The van der Waals surface area contributed by atoms with Crippen LogP contribution in [0.5, 0.6) is 5.75 Å². The van der Waals surface area contributed by atoms with Gasteiger partial charge in [0.15, 0.2) is 5.65 Å². The predicted octanol–water partition coefficient (Wildman–Crippen LogP) is 1.66. The van der Waals surface area contributed by atoms with E-state index in [1.807, 2.05) is 0 Å². The summed E-state index contributed by atoms with van der Waals surface area (Å²) in [5.74, 6) is -2.00. The lowest BCUT2D eigenvalue weighted by Gasteiger charge is -2.09. The number of benzene rings is 1. The molecule has 0 bridgehead atoms. The fraction of sp³-hybridized carbons (Fsp3) is 0. The molecule has 1 amide bonds. The Kier molecular flexibility index (Phi) is 2.60. The standard InChI is InChI=1S/C13H8FN4O2/c14-8-4-2-1-3-7(8)9-5-10(19)11(12(15)20)13-16-6-17-18(9)13/h1-6,15,19H. The number of carbonyl (C=O) groups is 1. The topological polar surface area (TPSA) is 91.3 Å². The molecule has 0 atom stereocenters. The number of carbonyl (C=O) groups excluding carboxylic acids is 1. The second-order valence-electron chi connectivity index (χ2n) is 4.09. The summed E-state index contributed by atoms with van der Waals surface area (Å²) in [5, 5.41) is 13.8. The van der Waals surface area contributed by atoms with E-state index in [4.69, 9.17) is 5.73 Å². The van der Waals surface area contributed by atoms with Crippen LogP contribution in [0.15, 0.2) is 36.7 Å². The number of nitrogens with zero attached hydrogens (tertiary/aromatic N) is 3. The molecule has 1 radical (unpaired) electrons. The molecule has 2 N–H and O–H groups in total. The Labute approximate surface area is 112 Å². The van der Waals surface area contributed by atoms with Crippen LogP contribution < -0.4 is 5.73 Å². The maximum atomic E-state index is 13.9. The lowest BCUT2D eigenvalue weighted by molar-refractivity contribution is 0.0990. The molecule has 99 valence electrons. The summed E-state index contributed by atoms with van der Waals surface area (Å²) in [5.41, 5.74) is 7.36. The summed E-state index contributed by atoms with van der Waals surface area (Å²) >= 11 is 0. The highest BCUT2D eigenvalue weighted by Gasteiger charge is 2.20. The molecule has 6 nitrogen and oxygen atoms in total. The Hall–Kier alpha value is -2.96. The number of fused-ring (bicyclic) bond motifs is 1. The molecule has 0 aliphatic carbocycles. The van der Waals surface area contributed by atoms with Gasteiger partial charge in [0.25, 0.3) is 5.91 Å². The first-order valence-corrected chi connectivity index (χ1v) is 5.66. The van der Waals surface area contributed by atoms with Crippen LogP contribution in [0.2, 0.25) is 0 Å². The smallest absolute Gasteiger partial charge is 0.277 e. The molecule has 3 aromatic rings. The molecule has 3 rings (SSSR count). The Bertz CT molecular complexity index is 828. The minimum atomic E-state index is -1.08. The highest BCUT2D eigenvalue weighted by Crippen LogP contribution is 2.30. The maximum Gasteiger partial charge on any atom is 0.277 e. The Morgan fingerprint density at radius 1 is 1.35 bits per heavy atom. The Balaban J connectivity index is 2.40. The summed E-state index contributed by atoms with van der Waals surface area (Å²) in [6, 6.07) is 7.18. The molecule has 0 saturated carbocycles. The number of hydrogen-bond acceptors (Lipinski definition) is 4. The first-order chi connectivity index (χ1) is 9.59. The number of hydrogen-bond donors (Lipinski definition) is 1. The van der Waals surface area contributed by atoms with E-state index in [-0.39, 0.29) is 22.5 Å². The summed E-state index contributed by atoms with van der Waals surface area (Å²) in [6.07, 6.45) is 1.17. The number of aromatic hydroxyl groups is 1. The molecule has 2 heterocycles. The summed E-state index contributed by atoms with van der Waals surface area (Å²) in [6.45, 7) is 0. The van der Waals surface area contributed by atoms with E-state index < -0.39 is 17.5 Å². The average Bonchev–Trinajstić information content (AvgIpc) is 2.86. The normalized spacial score (nSPS) is 10.8. The van der Waals surface area contributed by atoms with E-state index >= 15 is 0 Å². The first kappa shape index (κ1) is 12.1. The molecule has 0 saturated heterocycles. The molecule has 2 aromatic heterocycles. The second kappa shape index (κ2) is 4.30. The van der Waals surface area contributed by atoms with E-state index in [9.17, 15) is 14.3 Å². The highest BCUT2D eigenvalue weighted by molar-refractivity contribution is 6.01. The first-order valence-electron chi connectivity index (χ1n) is 5.66. The van der Waals surface area contributed by atoms with Crippen LogP contribution in [-0.4, -0.2) is 25.6 Å². The molecule has 0 spiro atoms. The zero-order valence-electron chi connectivity index (χ0n) is 10.0. The number of nitrogens with one attached hydrogen (secondary N) is 1. The van der Waals surface area contributed by atoms with Gasteiger partial charge in [-0.3, -0.25) is 10.5 Å². The average molecular weight is 271 g/mol. The van der Waals surface area contributed by atoms with E-state index in [1.54, 1.807) is 12.1 Å². The minimum absolute atomic E-state index is 0.0169. The van der Waals surface area contributed by atoms with Gasteiger partial charge in [-0.1, -0.05) is 12.1 Å². The molecule has 0 unspecified atom stereocenters. The number of pyridine rings is 1. The minimum Gasteiger partial charge on any atom is -0.507 e. The quantitative estimate of drug-likeness (QED) is 0.767. The zero-order chi connectivity index (χ0) is 14.3. The van der Waals surface area contributed by atoms with Crippen molar-refractivity contribution in [3.63, 3.8) is 0 Å². The fourth-order valence-corrected chi connectivity index (χ4v) is 2.04. The van der Waals surface area contributed by atoms with Crippen LogP contribution in [0.1, 0.15) is 10.4 Å². The van der Waals surface area contributed by atoms with Gasteiger partial charge in [0.2, 0.25) is 0 Å². The lowest BCUT2D eigenvalue weighted by atomic mass is 10.1. The van der Waals surface area contributed by atoms with Gasteiger partial charge in [0.05, 0.1) is 5.69 Å². The van der Waals surface area contributed by atoms with Crippen molar-refractivity contribution < 1.29 is 14.3 Å². The van der Waals surface area contributed by atoms with Gasteiger partial charge in [-0.15, -0.1) is 0 Å². The van der Waals surface area contributed by atoms with Crippen molar-refractivity contribution in [2.45, 2.75) is 0 Å². The predicted molar refractivity (Wildman–Crippen MR) is 67.5 cm³/mol. The van der Waals surface area contributed by atoms with Crippen LogP contribution in [0.3, 0.4) is 0 Å². The third-order valence-corrected chi connectivity index (χ3v) is 2.91. The molecule has 1 aromatic carbocycles. The van der Waals surface area contributed by atoms with Crippen molar-refractivity contribution >= 4 is 11.6 Å². The highest BCUT2D eigenvalue weighted by atomic mass is 19.1. The van der Waals surface area contributed by atoms with Gasteiger partial charge in [0.1, 0.15) is 23.5 Å². The number of halogens is 1. The fourth-order valence-electron chi connectivity index (χ4n) is 2.04. The third kappa shape index (κ3) is 1.68. The van der Waals surface area contributed by atoms with E-state index in [2.05, 4.69) is 10.1 Å². The van der Waals surface area contributed by atoms with E-state index in [1.165, 1.54) is 29.0 Å². The molecule has 7 heteroatoms. The van der Waals surface area contributed by atoms with Crippen molar-refractivity contribution in [1.29, 1.82) is 0 Å². The van der Waals surface area contributed by atoms with Crippen molar-refractivity contribution in [1.82, 2.24) is 20.3 Å². The second-order valence-corrected chi connectivity index (χ2v) is 4.09. The van der Waals surface area contributed by atoms with Gasteiger partial charge in [-0.05, 0) is 12.1 Å². The third-order valence-electron chi connectivity index (χ3n) is 2.91. The lowest BCUT2D eigenvalue weighted by Crippen LogP contribution is -2.06. The number of rotatable bonds is 2. The molecular weight excluding hydrogens is 263 g/mol. The maximum absolute atomic E-state index is 13.9. The van der Waals surface area contributed by atoms with Crippen LogP contribution in [0.25, 0.3) is 16.9 Å². The molecule has 0 aliphatic rings. The van der Waals surface area contributed by atoms with E-state index in [0.29, 0.717) is 0 Å². The molecule has 20 heavy (non-hydrogen) atoms. The zero-order valence-corrected chi connectivity index (χ0v) is 10.0. The van der Waals surface area contributed by atoms with Gasteiger partial charge in [-0.25, -0.2) is 13.9 Å². The largest absolute Gasteiger partial charge is 0.507 e.